The summed E-state index contributed by atoms with van der Waals surface area (Å²) in [5.74, 6) is 0.967. The van der Waals surface area contributed by atoms with Gasteiger partial charge in [0.2, 0.25) is 0 Å². The number of hydrogen-bond acceptors (Lipinski definition) is 4. The molecule has 1 heterocycles. The first-order chi connectivity index (χ1) is 10.2. The van der Waals surface area contributed by atoms with Gasteiger partial charge in [-0.2, -0.15) is 5.26 Å². The van der Waals surface area contributed by atoms with Crippen LogP contribution in [0.5, 0.6) is 0 Å². The highest BCUT2D eigenvalue weighted by Crippen LogP contribution is 2.35. The molecule has 2 aromatic rings. The first kappa shape index (κ1) is 13.8. The fraction of sp³-hybridized carbons (Fsp3) is 0.235. The van der Waals surface area contributed by atoms with Gasteiger partial charge in [0, 0.05) is 23.7 Å². The van der Waals surface area contributed by atoms with Crippen LogP contribution in [0.4, 0.5) is 11.4 Å². The van der Waals surface area contributed by atoms with Gasteiger partial charge in [-0.15, -0.1) is 11.8 Å². The van der Waals surface area contributed by atoms with E-state index in [2.05, 4.69) is 24.0 Å². The van der Waals surface area contributed by atoms with Crippen LogP contribution in [0, 0.1) is 11.3 Å². The van der Waals surface area contributed by atoms with Crippen LogP contribution in [0.3, 0.4) is 0 Å². The summed E-state index contributed by atoms with van der Waals surface area (Å²) in [7, 11) is 0. The molecule has 21 heavy (non-hydrogen) atoms. The Morgan fingerprint density at radius 1 is 1.24 bits per heavy atom. The number of nitriles is 1. The fourth-order valence-corrected chi connectivity index (χ4v) is 3.54. The summed E-state index contributed by atoms with van der Waals surface area (Å²) in [6.07, 6.45) is 0. The predicted octanol–water partition coefficient (Wildman–Crippen LogP) is 3.77. The quantitative estimate of drug-likeness (QED) is 0.691. The van der Waals surface area contributed by atoms with Crippen molar-refractivity contribution < 1.29 is 0 Å². The third-order valence-electron chi connectivity index (χ3n) is 3.71. The Kier molecular flexibility index (Phi) is 3.76. The van der Waals surface area contributed by atoms with Gasteiger partial charge in [-0.05, 0) is 41.1 Å². The Bertz CT molecular complexity index is 718. The van der Waals surface area contributed by atoms with Gasteiger partial charge in [-0.25, -0.2) is 0 Å². The van der Waals surface area contributed by atoms with Crippen LogP contribution in [0.15, 0.2) is 41.3 Å². The van der Waals surface area contributed by atoms with Gasteiger partial charge in [-0.3, -0.25) is 0 Å². The number of hydrogen-bond donors (Lipinski definition) is 1. The van der Waals surface area contributed by atoms with Gasteiger partial charge in [0.05, 0.1) is 11.3 Å². The summed E-state index contributed by atoms with van der Waals surface area (Å²) in [6.45, 7) is 3.76. The lowest BCUT2D eigenvalue weighted by Gasteiger charge is -2.20. The number of nitrogens with zero attached hydrogens (tertiary/aromatic N) is 2. The molecule has 0 saturated carbocycles. The van der Waals surface area contributed by atoms with E-state index in [9.17, 15) is 5.26 Å². The smallest absolute Gasteiger partial charge is 0.103 e. The van der Waals surface area contributed by atoms with Crippen LogP contribution in [0.2, 0.25) is 0 Å². The second-order valence-corrected chi connectivity index (χ2v) is 6.39. The van der Waals surface area contributed by atoms with Crippen LogP contribution < -0.4 is 10.6 Å². The highest BCUT2D eigenvalue weighted by Gasteiger charge is 2.22. The lowest BCUT2D eigenvalue weighted by Crippen LogP contribution is -2.16. The zero-order valence-corrected chi connectivity index (χ0v) is 12.8. The SMILES string of the molecule is CCSc1cccc(N2Cc3ccc(N)cc3C2)c1C#N. The van der Waals surface area contributed by atoms with Crippen molar-refractivity contribution in [3.63, 3.8) is 0 Å². The summed E-state index contributed by atoms with van der Waals surface area (Å²) in [4.78, 5) is 3.32. The number of anilines is 2. The van der Waals surface area contributed by atoms with Gasteiger partial charge in [0.15, 0.2) is 0 Å². The van der Waals surface area contributed by atoms with Crippen molar-refractivity contribution >= 4 is 23.1 Å². The second-order valence-electron chi connectivity index (χ2n) is 5.08. The maximum Gasteiger partial charge on any atom is 0.103 e. The molecule has 4 heteroatoms. The minimum atomic E-state index is 0.783. The third kappa shape index (κ3) is 2.57. The molecular weight excluding hydrogens is 278 g/mol. The van der Waals surface area contributed by atoms with Crippen LogP contribution in [0.25, 0.3) is 0 Å². The molecule has 0 aromatic heterocycles. The van der Waals surface area contributed by atoms with Crippen molar-refractivity contribution in [3.8, 4) is 6.07 Å². The molecule has 0 radical (unpaired) electrons. The first-order valence-corrected chi connectivity index (χ1v) is 7.99. The molecule has 0 spiro atoms. The summed E-state index contributed by atoms with van der Waals surface area (Å²) >= 11 is 1.72. The Labute approximate surface area is 129 Å². The fourth-order valence-electron chi connectivity index (χ4n) is 2.76. The monoisotopic (exact) mass is 295 g/mol. The van der Waals surface area contributed by atoms with E-state index in [4.69, 9.17) is 5.73 Å². The van der Waals surface area contributed by atoms with Crippen LogP contribution >= 0.6 is 11.8 Å². The van der Waals surface area contributed by atoms with Crippen LogP contribution in [0.1, 0.15) is 23.6 Å². The lowest BCUT2D eigenvalue weighted by molar-refractivity contribution is 0.875. The lowest BCUT2D eigenvalue weighted by atomic mass is 10.1. The molecule has 0 bridgehead atoms. The number of thioether (sulfide) groups is 1. The minimum Gasteiger partial charge on any atom is -0.399 e. The summed E-state index contributed by atoms with van der Waals surface area (Å²) < 4.78 is 0. The van der Waals surface area contributed by atoms with E-state index in [0.29, 0.717) is 0 Å². The van der Waals surface area contributed by atoms with Crippen LogP contribution in [-0.2, 0) is 13.1 Å². The summed E-state index contributed by atoms with van der Waals surface area (Å²) in [6, 6.07) is 14.5. The van der Waals surface area contributed by atoms with Crippen molar-refractivity contribution in [1.29, 1.82) is 5.26 Å². The topological polar surface area (TPSA) is 53.0 Å². The largest absolute Gasteiger partial charge is 0.399 e. The molecule has 106 valence electrons. The average Bonchev–Trinajstić information content (AvgIpc) is 2.90. The highest BCUT2D eigenvalue weighted by molar-refractivity contribution is 7.99. The van der Waals surface area contributed by atoms with Gasteiger partial charge in [-0.1, -0.05) is 19.1 Å². The Hall–Kier alpha value is -2.12. The molecule has 0 amide bonds. The molecule has 0 unspecified atom stereocenters. The molecule has 0 aliphatic carbocycles. The first-order valence-electron chi connectivity index (χ1n) is 7.01. The molecular formula is C17H17N3S. The maximum atomic E-state index is 9.54. The molecule has 0 saturated heterocycles. The van der Waals surface area contributed by atoms with E-state index in [-0.39, 0.29) is 0 Å². The zero-order chi connectivity index (χ0) is 14.8. The summed E-state index contributed by atoms with van der Waals surface area (Å²) in [5.41, 5.74) is 11.0. The van der Waals surface area contributed by atoms with E-state index in [1.54, 1.807) is 11.8 Å². The minimum absolute atomic E-state index is 0.783. The normalized spacial score (nSPS) is 13.0. The standard InChI is InChI=1S/C17H17N3S/c1-2-21-17-5-3-4-16(15(17)9-18)20-10-12-6-7-14(19)8-13(12)11-20/h3-8H,2,10-11,19H2,1H3. The van der Waals surface area contributed by atoms with Gasteiger partial charge < -0.3 is 10.6 Å². The zero-order valence-electron chi connectivity index (χ0n) is 12.0. The third-order valence-corrected chi connectivity index (χ3v) is 4.65. The van der Waals surface area contributed by atoms with Crippen molar-refractivity contribution in [2.24, 2.45) is 0 Å². The van der Waals surface area contributed by atoms with Crippen molar-refractivity contribution in [2.75, 3.05) is 16.4 Å². The molecule has 0 fully saturated rings. The van der Waals surface area contributed by atoms with E-state index in [1.807, 2.05) is 30.3 Å². The van der Waals surface area contributed by atoms with E-state index < -0.39 is 0 Å². The molecule has 1 aliphatic rings. The van der Waals surface area contributed by atoms with E-state index >= 15 is 0 Å². The second kappa shape index (κ2) is 5.71. The van der Waals surface area contributed by atoms with Gasteiger partial charge in [0.25, 0.3) is 0 Å². The van der Waals surface area contributed by atoms with E-state index in [0.717, 1.165) is 40.7 Å². The van der Waals surface area contributed by atoms with E-state index in [1.165, 1.54) is 11.1 Å². The molecule has 2 aromatic carbocycles. The number of benzene rings is 2. The molecule has 3 rings (SSSR count). The van der Waals surface area contributed by atoms with Crippen molar-refractivity contribution in [2.45, 2.75) is 24.9 Å². The molecule has 2 N–H and O–H groups in total. The van der Waals surface area contributed by atoms with Gasteiger partial charge in [0.1, 0.15) is 6.07 Å². The van der Waals surface area contributed by atoms with Crippen molar-refractivity contribution in [3.05, 3.63) is 53.1 Å². The Balaban J connectivity index is 1.96. The Morgan fingerprint density at radius 3 is 2.81 bits per heavy atom. The molecule has 3 nitrogen and oxygen atoms in total. The number of fused-ring (bicyclic) bond motifs is 1. The highest BCUT2D eigenvalue weighted by atomic mass is 32.2. The maximum absolute atomic E-state index is 9.54. The molecule has 0 atom stereocenters. The summed E-state index contributed by atoms with van der Waals surface area (Å²) in [5, 5.41) is 9.54. The number of rotatable bonds is 3. The van der Waals surface area contributed by atoms with Crippen LogP contribution in [-0.4, -0.2) is 5.75 Å². The Morgan fingerprint density at radius 2 is 2.05 bits per heavy atom. The molecule has 1 aliphatic heterocycles. The van der Waals surface area contributed by atoms with Gasteiger partial charge >= 0.3 is 0 Å². The number of nitrogen functional groups attached to an aromatic ring is 1. The number of nitrogens with two attached hydrogens (primary N) is 1. The average molecular weight is 295 g/mol. The van der Waals surface area contributed by atoms with Crippen molar-refractivity contribution in [1.82, 2.24) is 0 Å². The predicted molar refractivity (Wildman–Crippen MR) is 88.3 cm³/mol.